The van der Waals surface area contributed by atoms with E-state index in [-0.39, 0.29) is 12.0 Å². The lowest BCUT2D eigenvalue weighted by Crippen LogP contribution is -2.30. The highest BCUT2D eigenvalue weighted by atomic mass is 32.1. The summed E-state index contributed by atoms with van der Waals surface area (Å²) in [5, 5.41) is 12.2. The van der Waals surface area contributed by atoms with Crippen LogP contribution in [0.25, 0.3) is 10.6 Å². The molecule has 4 nitrogen and oxygen atoms in total. The third-order valence-electron chi connectivity index (χ3n) is 3.46. The Labute approximate surface area is 135 Å². The van der Waals surface area contributed by atoms with E-state index in [1.54, 1.807) is 30.2 Å². The largest absolute Gasteiger partial charge is 0.393 e. The zero-order chi connectivity index (χ0) is 16.1. The normalized spacial score (nSPS) is 12.2. The number of rotatable bonds is 6. The first-order valence-electron chi connectivity index (χ1n) is 7.39. The highest BCUT2D eigenvalue weighted by molar-refractivity contribution is 7.13. The molecule has 1 amide bonds. The van der Waals surface area contributed by atoms with E-state index in [1.165, 1.54) is 5.56 Å². The molecule has 2 rings (SSSR count). The van der Waals surface area contributed by atoms with E-state index < -0.39 is 0 Å². The summed E-state index contributed by atoms with van der Waals surface area (Å²) < 4.78 is 0. The molecule has 1 unspecified atom stereocenters. The first-order chi connectivity index (χ1) is 10.5. The lowest BCUT2D eigenvalue weighted by Gasteiger charge is -2.17. The number of aliphatic hydroxyl groups excluding tert-OH is 1. The Balaban J connectivity index is 1.98. The van der Waals surface area contributed by atoms with Gasteiger partial charge in [-0.2, -0.15) is 0 Å². The van der Waals surface area contributed by atoms with Crippen molar-refractivity contribution in [2.45, 2.75) is 32.8 Å². The van der Waals surface area contributed by atoms with Crippen molar-refractivity contribution in [2.24, 2.45) is 0 Å². The Kier molecular flexibility index (Phi) is 5.69. The highest BCUT2D eigenvalue weighted by Crippen LogP contribution is 2.24. The van der Waals surface area contributed by atoms with Crippen LogP contribution in [0.1, 0.15) is 24.6 Å². The number of nitrogens with zero attached hydrogens (tertiary/aromatic N) is 2. The standard InChI is InChI=1S/C17H22N2O2S/c1-12-5-4-6-14(9-12)17-18-15(11-22-17)10-16(21)19(3)8-7-13(2)20/h4-6,9,11,13,20H,7-8,10H2,1-3H3. The zero-order valence-electron chi connectivity index (χ0n) is 13.2. The van der Waals surface area contributed by atoms with Crippen LogP contribution >= 0.6 is 11.3 Å². The van der Waals surface area contributed by atoms with Crippen molar-refractivity contribution in [3.05, 3.63) is 40.9 Å². The minimum absolute atomic E-state index is 0.0294. The fourth-order valence-electron chi connectivity index (χ4n) is 2.09. The average Bonchev–Trinajstić information content (AvgIpc) is 2.93. The van der Waals surface area contributed by atoms with E-state index in [1.807, 2.05) is 17.5 Å². The molecule has 118 valence electrons. The second-order valence-corrected chi connectivity index (χ2v) is 6.50. The van der Waals surface area contributed by atoms with Crippen LogP contribution in [0.15, 0.2) is 29.6 Å². The topological polar surface area (TPSA) is 53.4 Å². The Bertz CT molecular complexity index is 637. The van der Waals surface area contributed by atoms with E-state index in [0.717, 1.165) is 16.3 Å². The maximum absolute atomic E-state index is 12.1. The number of carbonyl (C=O) groups excluding carboxylic acids is 1. The Morgan fingerprint density at radius 3 is 2.91 bits per heavy atom. The van der Waals surface area contributed by atoms with E-state index >= 15 is 0 Å². The number of carbonyl (C=O) groups is 1. The number of thiazole rings is 1. The number of aliphatic hydroxyl groups is 1. The fraction of sp³-hybridized carbons (Fsp3) is 0.412. The number of hydrogen-bond donors (Lipinski definition) is 1. The smallest absolute Gasteiger partial charge is 0.228 e. The molecule has 1 N–H and O–H groups in total. The first kappa shape index (κ1) is 16.6. The minimum Gasteiger partial charge on any atom is -0.393 e. The summed E-state index contributed by atoms with van der Waals surface area (Å²) in [5.74, 6) is 0.0294. The van der Waals surface area contributed by atoms with Gasteiger partial charge < -0.3 is 10.0 Å². The summed E-state index contributed by atoms with van der Waals surface area (Å²) in [4.78, 5) is 18.3. The number of aromatic nitrogens is 1. The van der Waals surface area contributed by atoms with Gasteiger partial charge in [0.15, 0.2) is 0 Å². The van der Waals surface area contributed by atoms with Crippen LogP contribution < -0.4 is 0 Å². The summed E-state index contributed by atoms with van der Waals surface area (Å²) >= 11 is 1.56. The Hall–Kier alpha value is -1.72. The van der Waals surface area contributed by atoms with Crippen LogP contribution in [-0.2, 0) is 11.2 Å². The van der Waals surface area contributed by atoms with Crippen molar-refractivity contribution in [3.8, 4) is 10.6 Å². The summed E-state index contributed by atoms with van der Waals surface area (Å²) in [6.45, 7) is 4.34. The molecule has 0 aliphatic carbocycles. The van der Waals surface area contributed by atoms with Gasteiger partial charge in [0.25, 0.3) is 0 Å². The van der Waals surface area contributed by atoms with Crippen molar-refractivity contribution >= 4 is 17.2 Å². The van der Waals surface area contributed by atoms with Gasteiger partial charge in [0, 0.05) is 24.5 Å². The maximum atomic E-state index is 12.1. The third kappa shape index (κ3) is 4.64. The fourth-order valence-corrected chi connectivity index (χ4v) is 2.91. The zero-order valence-corrected chi connectivity index (χ0v) is 14.1. The van der Waals surface area contributed by atoms with Crippen LogP contribution in [0.3, 0.4) is 0 Å². The molecule has 1 aromatic carbocycles. The molecule has 0 bridgehead atoms. The van der Waals surface area contributed by atoms with Crippen LogP contribution in [0, 0.1) is 6.92 Å². The second-order valence-electron chi connectivity index (χ2n) is 5.64. The monoisotopic (exact) mass is 318 g/mol. The molecule has 0 spiro atoms. The molecule has 0 saturated heterocycles. The second kappa shape index (κ2) is 7.51. The molecule has 5 heteroatoms. The maximum Gasteiger partial charge on any atom is 0.228 e. The van der Waals surface area contributed by atoms with Gasteiger partial charge in [-0.1, -0.05) is 23.8 Å². The van der Waals surface area contributed by atoms with Crippen molar-refractivity contribution in [2.75, 3.05) is 13.6 Å². The van der Waals surface area contributed by atoms with Gasteiger partial charge in [0.2, 0.25) is 5.91 Å². The first-order valence-corrected chi connectivity index (χ1v) is 8.27. The van der Waals surface area contributed by atoms with Gasteiger partial charge in [0.1, 0.15) is 5.01 Å². The molecule has 22 heavy (non-hydrogen) atoms. The molecular weight excluding hydrogens is 296 g/mol. The predicted molar refractivity (Wildman–Crippen MR) is 89.9 cm³/mol. The average molecular weight is 318 g/mol. The molecule has 0 radical (unpaired) electrons. The summed E-state index contributed by atoms with van der Waals surface area (Å²) in [6, 6.07) is 8.20. The SMILES string of the molecule is Cc1cccc(-c2nc(CC(=O)N(C)CCC(C)O)cs2)c1. The lowest BCUT2D eigenvalue weighted by atomic mass is 10.1. The number of amides is 1. The van der Waals surface area contributed by atoms with Gasteiger partial charge in [-0.25, -0.2) is 4.98 Å². The molecule has 1 atom stereocenters. The van der Waals surface area contributed by atoms with E-state index in [9.17, 15) is 9.90 Å². The molecule has 0 aliphatic heterocycles. The molecule has 1 aromatic heterocycles. The number of hydrogen-bond acceptors (Lipinski definition) is 4. The van der Waals surface area contributed by atoms with Gasteiger partial charge in [-0.15, -0.1) is 11.3 Å². The summed E-state index contributed by atoms with van der Waals surface area (Å²) in [6.07, 6.45) is 0.509. The van der Waals surface area contributed by atoms with Crippen LogP contribution in [0.4, 0.5) is 0 Å². The highest BCUT2D eigenvalue weighted by Gasteiger charge is 2.13. The minimum atomic E-state index is -0.387. The number of benzene rings is 1. The van der Waals surface area contributed by atoms with Gasteiger partial charge >= 0.3 is 0 Å². The van der Waals surface area contributed by atoms with E-state index in [4.69, 9.17) is 0 Å². The van der Waals surface area contributed by atoms with Crippen molar-refractivity contribution in [3.63, 3.8) is 0 Å². The van der Waals surface area contributed by atoms with Crippen molar-refractivity contribution in [1.29, 1.82) is 0 Å². The molecule has 0 saturated carbocycles. The Morgan fingerprint density at radius 1 is 1.45 bits per heavy atom. The molecule has 0 aliphatic rings. The van der Waals surface area contributed by atoms with E-state index in [0.29, 0.717) is 19.4 Å². The summed E-state index contributed by atoms with van der Waals surface area (Å²) in [7, 11) is 1.76. The van der Waals surface area contributed by atoms with E-state index in [2.05, 4.69) is 24.0 Å². The molecular formula is C17H22N2O2S. The van der Waals surface area contributed by atoms with Crippen LogP contribution in [0.5, 0.6) is 0 Å². The number of aryl methyl sites for hydroxylation is 1. The molecule has 1 heterocycles. The summed E-state index contributed by atoms with van der Waals surface area (Å²) in [5.41, 5.74) is 3.09. The molecule has 2 aromatic rings. The van der Waals surface area contributed by atoms with Crippen molar-refractivity contribution < 1.29 is 9.90 Å². The van der Waals surface area contributed by atoms with Crippen LogP contribution in [0.2, 0.25) is 0 Å². The van der Waals surface area contributed by atoms with Gasteiger partial charge in [-0.05, 0) is 26.3 Å². The van der Waals surface area contributed by atoms with Gasteiger partial charge in [-0.3, -0.25) is 4.79 Å². The molecule has 0 fully saturated rings. The van der Waals surface area contributed by atoms with Crippen LogP contribution in [-0.4, -0.2) is 40.6 Å². The predicted octanol–water partition coefficient (Wildman–Crippen LogP) is 2.89. The van der Waals surface area contributed by atoms with Crippen molar-refractivity contribution in [1.82, 2.24) is 9.88 Å². The quantitative estimate of drug-likeness (QED) is 0.891. The Morgan fingerprint density at radius 2 is 2.23 bits per heavy atom. The third-order valence-corrected chi connectivity index (χ3v) is 4.40. The van der Waals surface area contributed by atoms with Gasteiger partial charge in [0.05, 0.1) is 18.2 Å². The number of likely N-dealkylation sites (N-methyl/N-ethyl adjacent to an activating group) is 1. The lowest BCUT2D eigenvalue weighted by molar-refractivity contribution is -0.129.